The fourth-order valence-corrected chi connectivity index (χ4v) is 2.64. The van der Waals surface area contributed by atoms with E-state index in [1.165, 1.54) is 7.11 Å². The molecule has 0 fully saturated rings. The van der Waals surface area contributed by atoms with Crippen LogP contribution in [0.5, 0.6) is 5.75 Å². The average molecular weight is 341 g/mol. The number of methoxy groups -OCH3 is 2. The number of ether oxygens (including phenoxy) is 2. The van der Waals surface area contributed by atoms with Gasteiger partial charge in [-0.25, -0.2) is 4.79 Å². The zero-order valence-corrected chi connectivity index (χ0v) is 14.8. The van der Waals surface area contributed by atoms with Gasteiger partial charge in [0.2, 0.25) is 5.91 Å². The minimum atomic E-state index is -0.385. The Bertz CT molecular complexity index is 755. The number of hydrogen-bond donors (Lipinski definition) is 1. The van der Waals surface area contributed by atoms with Crippen molar-refractivity contribution in [3.05, 3.63) is 64.7 Å². The molecule has 1 amide bonds. The molecule has 0 aromatic heterocycles. The van der Waals surface area contributed by atoms with Crippen LogP contribution in [0, 0.1) is 6.92 Å². The number of nitrogens with one attached hydrogen (secondary N) is 1. The Hall–Kier alpha value is -2.82. The molecule has 0 radical (unpaired) electrons. The van der Waals surface area contributed by atoms with Crippen LogP contribution < -0.4 is 10.1 Å². The predicted molar refractivity (Wildman–Crippen MR) is 95.7 cm³/mol. The molecular weight excluding hydrogens is 318 g/mol. The standard InChI is InChI=1S/C20H23NO4/c1-14-12-15(8-10-18(14)24-2)13-21-19(22)11-9-16-6-4-5-7-17(16)20(23)25-3/h4-8,10,12H,9,11,13H2,1-3H3,(H,21,22). The van der Waals surface area contributed by atoms with Gasteiger partial charge in [-0.3, -0.25) is 4.79 Å². The highest BCUT2D eigenvalue weighted by molar-refractivity contribution is 5.91. The van der Waals surface area contributed by atoms with Gasteiger partial charge < -0.3 is 14.8 Å². The lowest BCUT2D eigenvalue weighted by molar-refractivity contribution is -0.121. The van der Waals surface area contributed by atoms with E-state index in [1.54, 1.807) is 19.2 Å². The smallest absolute Gasteiger partial charge is 0.338 e. The largest absolute Gasteiger partial charge is 0.496 e. The Morgan fingerprint density at radius 1 is 1.08 bits per heavy atom. The van der Waals surface area contributed by atoms with E-state index in [0.29, 0.717) is 24.9 Å². The lowest BCUT2D eigenvalue weighted by atomic mass is 10.0. The fraction of sp³-hybridized carbons (Fsp3) is 0.300. The molecule has 0 saturated heterocycles. The molecule has 0 spiro atoms. The van der Waals surface area contributed by atoms with E-state index in [-0.39, 0.29) is 11.9 Å². The summed E-state index contributed by atoms with van der Waals surface area (Å²) in [6.07, 6.45) is 0.794. The van der Waals surface area contributed by atoms with E-state index in [2.05, 4.69) is 5.32 Å². The molecule has 0 aliphatic carbocycles. The van der Waals surface area contributed by atoms with Gasteiger partial charge in [-0.2, -0.15) is 0 Å². The lowest BCUT2D eigenvalue weighted by Crippen LogP contribution is -2.23. The summed E-state index contributed by atoms with van der Waals surface area (Å²) in [6, 6.07) is 13.0. The molecule has 25 heavy (non-hydrogen) atoms. The van der Waals surface area contributed by atoms with Crippen LogP contribution in [0.4, 0.5) is 0 Å². The quantitative estimate of drug-likeness (QED) is 0.786. The van der Waals surface area contributed by atoms with Crippen molar-refractivity contribution >= 4 is 11.9 Å². The third kappa shape index (κ3) is 5.08. The van der Waals surface area contributed by atoms with Gasteiger partial charge in [0.15, 0.2) is 0 Å². The van der Waals surface area contributed by atoms with Crippen LogP contribution in [-0.4, -0.2) is 26.1 Å². The van der Waals surface area contributed by atoms with Gasteiger partial charge in [-0.15, -0.1) is 0 Å². The van der Waals surface area contributed by atoms with Crippen LogP contribution in [0.15, 0.2) is 42.5 Å². The average Bonchev–Trinajstić information content (AvgIpc) is 2.64. The first kappa shape index (κ1) is 18.5. The van der Waals surface area contributed by atoms with Gasteiger partial charge in [0, 0.05) is 13.0 Å². The molecule has 1 N–H and O–H groups in total. The van der Waals surface area contributed by atoms with Crippen LogP contribution in [0.2, 0.25) is 0 Å². The molecule has 132 valence electrons. The van der Waals surface area contributed by atoms with Crippen LogP contribution in [-0.2, 0) is 22.5 Å². The van der Waals surface area contributed by atoms with Crippen molar-refractivity contribution in [2.45, 2.75) is 26.3 Å². The van der Waals surface area contributed by atoms with Crippen LogP contribution in [0.25, 0.3) is 0 Å². The van der Waals surface area contributed by atoms with Gasteiger partial charge in [0.05, 0.1) is 19.8 Å². The third-order valence-corrected chi connectivity index (χ3v) is 3.99. The highest BCUT2D eigenvalue weighted by Crippen LogP contribution is 2.18. The number of aryl methyl sites for hydroxylation is 2. The van der Waals surface area contributed by atoms with Gasteiger partial charge >= 0.3 is 5.97 Å². The maximum absolute atomic E-state index is 12.1. The normalized spacial score (nSPS) is 10.2. The second kappa shape index (κ2) is 8.87. The van der Waals surface area contributed by atoms with E-state index in [1.807, 2.05) is 37.3 Å². The predicted octanol–water partition coefficient (Wildman–Crippen LogP) is 3.04. The number of benzene rings is 2. The highest BCUT2D eigenvalue weighted by atomic mass is 16.5. The minimum Gasteiger partial charge on any atom is -0.496 e. The molecule has 2 aromatic carbocycles. The molecule has 0 atom stereocenters. The summed E-state index contributed by atoms with van der Waals surface area (Å²) >= 11 is 0. The second-order valence-electron chi connectivity index (χ2n) is 5.73. The number of carbonyl (C=O) groups excluding carboxylic acids is 2. The van der Waals surface area contributed by atoms with Crippen molar-refractivity contribution in [1.82, 2.24) is 5.32 Å². The van der Waals surface area contributed by atoms with Crippen LogP contribution in [0.1, 0.15) is 33.5 Å². The molecule has 0 saturated carbocycles. The zero-order chi connectivity index (χ0) is 18.2. The number of hydrogen-bond acceptors (Lipinski definition) is 4. The SMILES string of the molecule is COC(=O)c1ccccc1CCC(=O)NCc1ccc(OC)c(C)c1. The molecule has 2 aromatic rings. The van der Waals surface area contributed by atoms with Crippen LogP contribution in [0.3, 0.4) is 0 Å². The van der Waals surface area contributed by atoms with Crippen molar-refractivity contribution in [2.75, 3.05) is 14.2 Å². The van der Waals surface area contributed by atoms with Gasteiger partial charge in [-0.1, -0.05) is 30.3 Å². The summed E-state index contributed by atoms with van der Waals surface area (Å²) in [7, 11) is 2.98. The topological polar surface area (TPSA) is 64.6 Å². The Kier molecular flexibility index (Phi) is 6.57. The van der Waals surface area contributed by atoms with Crippen molar-refractivity contribution in [2.24, 2.45) is 0 Å². The van der Waals surface area contributed by atoms with Gasteiger partial charge in [0.25, 0.3) is 0 Å². The Morgan fingerprint density at radius 2 is 1.84 bits per heavy atom. The van der Waals surface area contributed by atoms with Crippen molar-refractivity contribution in [3.8, 4) is 5.75 Å². The first-order chi connectivity index (χ1) is 12.0. The Balaban J connectivity index is 1.89. The van der Waals surface area contributed by atoms with E-state index in [4.69, 9.17) is 9.47 Å². The molecule has 0 aliphatic rings. The first-order valence-corrected chi connectivity index (χ1v) is 8.11. The highest BCUT2D eigenvalue weighted by Gasteiger charge is 2.12. The van der Waals surface area contributed by atoms with E-state index in [9.17, 15) is 9.59 Å². The number of amides is 1. The number of carbonyl (C=O) groups is 2. The maximum atomic E-state index is 12.1. The van der Waals surface area contributed by atoms with E-state index in [0.717, 1.165) is 22.4 Å². The van der Waals surface area contributed by atoms with E-state index >= 15 is 0 Å². The van der Waals surface area contributed by atoms with Crippen molar-refractivity contribution in [3.63, 3.8) is 0 Å². The van der Waals surface area contributed by atoms with Crippen molar-refractivity contribution in [1.29, 1.82) is 0 Å². The summed E-state index contributed by atoms with van der Waals surface area (Å²) in [6.45, 7) is 2.43. The Morgan fingerprint density at radius 3 is 2.52 bits per heavy atom. The third-order valence-electron chi connectivity index (χ3n) is 3.99. The summed E-state index contributed by atoms with van der Waals surface area (Å²) < 4.78 is 10.00. The molecular formula is C20H23NO4. The molecule has 5 nitrogen and oxygen atoms in total. The summed E-state index contributed by atoms with van der Waals surface area (Å²) in [4.78, 5) is 23.8. The molecule has 0 aliphatic heterocycles. The van der Waals surface area contributed by atoms with Gasteiger partial charge in [-0.05, 0) is 42.2 Å². The van der Waals surface area contributed by atoms with Crippen molar-refractivity contribution < 1.29 is 19.1 Å². The summed E-state index contributed by atoms with van der Waals surface area (Å²) in [5, 5.41) is 2.90. The number of rotatable bonds is 7. The fourth-order valence-electron chi connectivity index (χ4n) is 2.64. The molecule has 0 heterocycles. The van der Waals surface area contributed by atoms with E-state index < -0.39 is 0 Å². The first-order valence-electron chi connectivity index (χ1n) is 8.11. The molecule has 0 unspecified atom stereocenters. The monoisotopic (exact) mass is 341 g/mol. The summed E-state index contributed by atoms with van der Waals surface area (Å²) in [5.41, 5.74) is 3.36. The lowest BCUT2D eigenvalue weighted by Gasteiger charge is -2.10. The Labute approximate surface area is 148 Å². The maximum Gasteiger partial charge on any atom is 0.338 e. The summed E-state index contributed by atoms with van der Waals surface area (Å²) in [5.74, 6) is 0.382. The zero-order valence-electron chi connectivity index (χ0n) is 14.8. The van der Waals surface area contributed by atoms with Gasteiger partial charge in [0.1, 0.15) is 5.75 Å². The number of esters is 1. The van der Waals surface area contributed by atoms with Crippen LogP contribution >= 0.6 is 0 Å². The second-order valence-corrected chi connectivity index (χ2v) is 5.73. The minimum absolute atomic E-state index is 0.0619. The molecule has 0 bridgehead atoms. The molecule has 5 heteroatoms. The molecule has 2 rings (SSSR count).